The zero-order chi connectivity index (χ0) is 13.6. The summed E-state index contributed by atoms with van der Waals surface area (Å²) < 4.78 is 0. The highest BCUT2D eigenvalue weighted by atomic mass is 15.3. The maximum Gasteiger partial charge on any atom is 0.225 e. The van der Waals surface area contributed by atoms with Crippen LogP contribution < -0.4 is 10.2 Å². The minimum absolute atomic E-state index is 0.693. The summed E-state index contributed by atoms with van der Waals surface area (Å²) in [5, 5.41) is 3.90. The fourth-order valence-corrected chi connectivity index (χ4v) is 3.48. The van der Waals surface area contributed by atoms with Crippen LogP contribution in [0.5, 0.6) is 0 Å². The predicted octanol–water partition coefficient (Wildman–Crippen LogP) is 2.76. The second kappa shape index (κ2) is 7.02. The summed E-state index contributed by atoms with van der Waals surface area (Å²) in [6.45, 7) is 2.16. The number of anilines is 1. The van der Waals surface area contributed by atoms with E-state index in [1.54, 1.807) is 0 Å². The molecule has 1 saturated heterocycles. The molecule has 0 bridgehead atoms. The molecule has 1 N–H and O–H groups in total. The van der Waals surface area contributed by atoms with Gasteiger partial charge in [0, 0.05) is 37.6 Å². The van der Waals surface area contributed by atoms with Gasteiger partial charge in [-0.1, -0.05) is 25.7 Å². The van der Waals surface area contributed by atoms with Gasteiger partial charge in [-0.05, 0) is 31.7 Å². The number of hydrogen-bond donors (Lipinski definition) is 1. The zero-order valence-corrected chi connectivity index (χ0v) is 12.3. The number of nitrogens with zero attached hydrogens (tertiary/aromatic N) is 3. The van der Waals surface area contributed by atoms with Gasteiger partial charge in [0.1, 0.15) is 0 Å². The van der Waals surface area contributed by atoms with Gasteiger partial charge >= 0.3 is 0 Å². The van der Waals surface area contributed by atoms with Crippen LogP contribution in [0.15, 0.2) is 18.5 Å². The third-order valence-electron chi connectivity index (χ3n) is 4.66. The van der Waals surface area contributed by atoms with E-state index in [0.717, 1.165) is 25.1 Å². The summed E-state index contributed by atoms with van der Waals surface area (Å²) >= 11 is 0. The lowest BCUT2D eigenvalue weighted by Gasteiger charge is -2.34. The van der Waals surface area contributed by atoms with Gasteiger partial charge in [-0.2, -0.15) is 0 Å². The summed E-state index contributed by atoms with van der Waals surface area (Å²) in [4.78, 5) is 11.0. The Hall–Kier alpha value is -1.16. The van der Waals surface area contributed by atoms with Crippen LogP contribution in [0, 0.1) is 0 Å². The fourth-order valence-electron chi connectivity index (χ4n) is 3.48. The van der Waals surface area contributed by atoms with Gasteiger partial charge in [-0.3, -0.25) is 0 Å². The van der Waals surface area contributed by atoms with Crippen LogP contribution in [0.3, 0.4) is 0 Å². The van der Waals surface area contributed by atoms with E-state index in [9.17, 15) is 0 Å². The van der Waals surface area contributed by atoms with Crippen LogP contribution in [-0.4, -0.2) is 35.1 Å². The van der Waals surface area contributed by atoms with Crippen molar-refractivity contribution in [1.82, 2.24) is 15.3 Å². The first kappa shape index (κ1) is 13.8. The molecule has 2 heterocycles. The highest BCUT2D eigenvalue weighted by molar-refractivity contribution is 5.29. The van der Waals surface area contributed by atoms with Gasteiger partial charge in [-0.15, -0.1) is 0 Å². The van der Waals surface area contributed by atoms with Crippen LogP contribution >= 0.6 is 0 Å². The molecule has 20 heavy (non-hydrogen) atoms. The third-order valence-corrected chi connectivity index (χ3v) is 4.66. The van der Waals surface area contributed by atoms with Crippen LogP contribution in [-0.2, 0) is 0 Å². The lowest BCUT2D eigenvalue weighted by Crippen LogP contribution is -2.46. The molecule has 1 aromatic rings. The average molecular weight is 274 g/mol. The molecular formula is C16H26N4. The number of aromatic nitrogens is 2. The molecular weight excluding hydrogens is 248 g/mol. The Morgan fingerprint density at radius 3 is 2.10 bits per heavy atom. The largest absolute Gasteiger partial charge is 0.341 e. The van der Waals surface area contributed by atoms with Crippen molar-refractivity contribution in [1.29, 1.82) is 0 Å². The topological polar surface area (TPSA) is 41.1 Å². The Morgan fingerprint density at radius 2 is 1.45 bits per heavy atom. The number of rotatable bonds is 3. The molecule has 1 aromatic heterocycles. The Morgan fingerprint density at radius 1 is 0.850 bits per heavy atom. The second-order valence-electron chi connectivity index (χ2n) is 6.17. The molecule has 3 rings (SSSR count). The van der Waals surface area contributed by atoms with Crippen molar-refractivity contribution in [2.24, 2.45) is 0 Å². The molecule has 4 nitrogen and oxygen atoms in total. The maximum atomic E-state index is 4.35. The van der Waals surface area contributed by atoms with Crippen molar-refractivity contribution in [3.05, 3.63) is 18.5 Å². The van der Waals surface area contributed by atoms with Gasteiger partial charge in [0.15, 0.2) is 0 Å². The minimum Gasteiger partial charge on any atom is -0.341 e. The van der Waals surface area contributed by atoms with Gasteiger partial charge in [-0.25, -0.2) is 9.97 Å². The van der Waals surface area contributed by atoms with E-state index in [2.05, 4.69) is 20.2 Å². The summed E-state index contributed by atoms with van der Waals surface area (Å²) in [5.41, 5.74) is 0. The van der Waals surface area contributed by atoms with Crippen molar-refractivity contribution in [3.63, 3.8) is 0 Å². The smallest absolute Gasteiger partial charge is 0.225 e. The first-order chi connectivity index (χ1) is 9.92. The highest BCUT2D eigenvalue weighted by Gasteiger charge is 2.23. The van der Waals surface area contributed by atoms with Gasteiger partial charge in [0.05, 0.1) is 0 Å². The summed E-state index contributed by atoms with van der Waals surface area (Å²) in [6.07, 6.45) is 14.5. The fraction of sp³-hybridized carbons (Fsp3) is 0.750. The molecule has 110 valence electrons. The van der Waals surface area contributed by atoms with Crippen LogP contribution in [0.25, 0.3) is 0 Å². The maximum absolute atomic E-state index is 4.35. The standard InChI is InChI=1S/C16H26N4/c1-2-4-7-14(6-3-1)19-15-8-12-20(13-9-15)16-17-10-5-11-18-16/h5,10-11,14-15,19H,1-4,6-9,12-13H2. The lowest BCUT2D eigenvalue weighted by atomic mass is 10.0. The molecule has 1 aliphatic carbocycles. The molecule has 1 aliphatic heterocycles. The monoisotopic (exact) mass is 274 g/mol. The molecule has 0 atom stereocenters. The number of nitrogens with one attached hydrogen (secondary N) is 1. The summed E-state index contributed by atoms with van der Waals surface area (Å²) in [6, 6.07) is 3.34. The Kier molecular flexibility index (Phi) is 4.85. The SMILES string of the molecule is c1cnc(N2CCC(NC3CCCCCC3)CC2)nc1. The second-order valence-corrected chi connectivity index (χ2v) is 6.17. The number of piperidine rings is 1. The molecule has 0 amide bonds. The zero-order valence-electron chi connectivity index (χ0n) is 12.3. The molecule has 2 aliphatic rings. The van der Waals surface area contributed by atoms with Crippen molar-refractivity contribution >= 4 is 5.95 Å². The van der Waals surface area contributed by atoms with Crippen LogP contribution in [0.4, 0.5) is 5.95 Å². The van der Waals surface area contributed by atoms with E-state index < -0.39 is 0 Å². The van der Waals surface area contributed by atoms with Gasteiger partial charge in [0.25, 0.3) is 0 Å². The van der Waals surface area contributed by atoms with E-state index >= 15 is 0 Å². The molecule has 0 spiro atoms. The average Bonchev–Trinajstić information content (AvgIpc) is 2.78. The molecule has 1 saturated carbocycles. The molecule has 4 heteroatoms. The summed E-state index contributed by atoms with van der Waals surface area (Å²) in [7, 11) is 0. The first-order valence-corrected chi connectivity index (χ1v) is 8.20. The predicted molar refractivity (Wildman–Crippen MR) is 81.9 cm³/mol. The van der Waals surface area contributed by atoms with Crippen molar-refractivity contribution in [2.45, 2.75) is 63.5 Å². The Balaban J connectivity index is 1.46. The first-order valence-electron chi connectivity index (χ1n) is 8.20. The minimum atomic E-state index is 0.693. The van der Waals surface area contributed by atoms with Crippen LogP contribution in [0.2, 0.25) is 0 Å². The van der Waals surface area contributed by atoms with Crippen molar-refractivity contribution in [3.8, 4) is 0 Å². The van der Waals surface area contributed by atoms with E-state index in [4.69, 9.17) is 0 Å². The summed E-state index contributed by atoms with van der Waals surface area (Å²) in [5.74, 6) is 0.889. The van der Waals surface area contributed by atoms with E-state index in [1.807, 2.05) is 18.5 Å². The van der Waals surface area contributed by atoms with Gasteiger partial charge in [0.2, 0.25) is 5.95 Å². The van der Waals surface area contributed by atoms with E-state index in [1.165, 1.54) is 51.4 Å². The normalized spacial score (nSPS) is 22.7. The van der Waals surface area contributed by atoms with Gasteiger partial charge < -0.3 is 10.2 Å². The van der Waals surface area contributed by atoms with E-state index in [0.29, 0.717) is 6.04 Å². The van der Waals surface area contributed by atoms with Crippen LogP contribution in [0.1, 0.15) is 51.4 Å². The van der Waals surface area contributed by atoms with E-state index in [-0.39, 0.29) is 0 Å². The van der Waals surface area contributed by atoms with Crippen molar-refractivity contribution in [2.75, 3.05) is 18.0 Å². The third kappa shape index (κ3) is 3.69. The number of hydrogen-bond acceptors (Lipinski definition) is 4. The quantitative estimate of drug-likeness (QED) is 0.861. The molecule has 0 unspecified atom stereocenters. The lowest BCUT2D eigenvalue weighted by molar-refractivity contribution is 0.344. The highest BCUT2D eigenvalue weighted by Crippen LogP contribution is 2.20. The van der Waals surface area contributed by atoms with Crippen molar-refractivity contribution < 1.29 is 0 Å². The Labute approximate surface area is 122 Å². The molecule has 0 aromatic carbocycles. The Bertz CT molecular complexity index is 379. The molecule has 0 radical (unpaired) electrons. The molecule has 2 fully saturated rings.